The summed E-state index contributed by atoms with van der Waals surface area (Å²) in [5.41, 5.74) is 2.62. The van der Waals surface area contributed by atoms with E-state index in [1.807, 2.05) is 0 Å². The Labute approximate surface area is 93.9 Å². The van der Waals surface area contributed by atoms with Crippen LogP contribution in [-0.2, 0) is 16.5 Å². The highest BCUT2D eigenvalue weighted by molar-refractivity contribution is 9.08. The average Bonchev–Trinajstić information content (AvgIpc) is 2.25. The zero-order valence-electron chi connectivity index (χ0n) is 8.21. The van der Waals surface area contributed by atoms with Crippen LogP contribution in [0.4, 0.5) is 0 Å². The molecule has 0 aliphatic carbocycles. The van der Waals surface area contributed by atoms with Crippen molar-refractivity contribution < 1.29 is 4.74 Å². The molecule has 0 aliphatic rings. The zero-order valence-corrected chi connectivity index (χ0v) is 9.79. The van der Waals surface area contributed by atoms with Gasteiger partial charge in [-0.1, -0.05) is 46.3 Å². The molecule has 0 aromatic heterocycles. The van der Waals surface area contributed by atoms with Crippen molar-refractivity contribution in [3.05, 3.63) is 48.0 Å². The van der Waals surface area contributed by atoms with Crippen LogP contribution in [-0.4, -0.2) is 13.2 Å². The maximum Gasteiger partial charge on any atom is 0.0644 e. The molecule has 0 aliphatic heterocycles. The monoisotopic (exact) mass is 254 g/mol. The highest BCUT2D eigenvalue weighted by atomic mass is 79.9. The van der Waals surface area contributed by atoms with Crippen molar-refractivity contribution in [2.45, 2.75) is 11.8 Å². The first-order valence-corrected chi connectivity index (χ1v) is 5.81. The van der Waals surface area contributed by atoms with E-state index in [4.69, 9.17) is 4.74 Å². The summed E-state index contributed by atoms with van der Waals surface area (Å²) in [6.07, 6.45) is 2.74. The Hall–Kier alpha value is -0.600. The summed E-state index contributed by atoms with van der Waals surface area (Å²) in [5, 5.41) is 0.917. The molecular formula is C12H15BrO. The van der Waals surface area contributed by atoms with Crippen LogP contribution in [0.3, 0.4) is 0 Å². The Kier molecular flexibility index (Phi) is 5.57. The second-order valence-corrected chi connectivity index (χ2v) is 3.62. The maximum absolute atomic E-state index is 5.32. The molecule has 1 nitrogen and oxygen atoms in total. The molecule has 0 amide bonds. The van der Waals surface area contributed by atoms with Gasteiger partial charge in [-0.2, -0.15) is 0 Å². The number of benzene rings is 1. The molecule has 0 unspecified atom stereocenters. The largest absolute Gasteiger partial charge is 0.377 e. The van der Waals surface area contributed by atoms with Gasteiger partial charge in [-0.05, 0) is 17.5 Å². The molecule has 1 aromatic rings. The minimum Gasteiger partial charge on any atom is -0.377 e. The van der Waals surface area contributed by atoms with E-state index in [2.05, 4.69) is 46.8 Å². The van der Waals surface area contributed by atoms with E-state index < -0.39 is 0 Å². The van der Waals surface area contributed by atoms with Gasteiger partial charge in [0.1, 0.15) is 0 Å². The first kappa shape index (κ1) is 11.5. The van der Waals surface area contributed by atoms with E-state index >= 15 is 0 Å². The number of hydrogen-bond donors (Lipinski definition) is 0. The third-order valence-electron chi connectivity index (χ3n) is 1.95. The third-order valence-corrected chi connectivity index (χ3v) is 2.60. The standard InChI is InChI=1S/C12H15BrO/c1-2-8-14-9-7-11-3-5-12(10-13)6-4-11/h2-6H,1,7-10H2. The van der Waals surface area contributed by atoms with Crippen LogP contribution >= 0.6 is 15.9 Å². The fourth-order valence-electron chi connectivity index (χ4n) is 1.15. The molecule has 0 N–H and O–H groups in total. The van der Waals surface area contributed by atoms with Crippen molar-refractivity contribution in [2.75, 3.05) is 13.2 Å². The number of rotatable bonds is 6. The molecule has 2 heteroatoms. The number of alkyl halides is 1. The summed E-state index contributed by atoms with van der Waals surface area (Å²) in [4.78, 5) is 0. The molecule has 0 radical (unpaired) electrons. The Morgan fingerprint density at radius 2 is 1.86 bits per heavy atom. The molecule has 0 saturated heterocycles. The third kappa shape index (κ3) is 4.07. The lowest BCUT2D eigenvalue weighted by Gasteiger charge is -2.02. The van der Waals surface area contributed by atoms with Gasteiger partial charge in [0.05, 0.1) is 13.2 Å². The predicted molar refractivity (Wildman–Crippen MR) is 63.8 cm³/mol. The van der Waals surface area contributed by atoms with Crippen LogP contribution in [0.15, 0.2) is 36.9 Å². The molecule has 1 aromatic carbocycles. The van der Waals surface area contributed by atoms with Crippen molar-refractivity contribution in [1.29, 1.82) is 0 Å². The predicted octanol–water partition coefficient (Wildman–Crippen LogP) is 3.33. The highest BCUT2D eigenvalue weighted by Gasteiger charge is 1.93. The van der Waals surface area contributed by atoms with Crippen LogP contribution in [0, 0.1) is 0 Å². The molecule has 0 bridgehead atoms. The molecule has 76 valence electrons. The SMILES string of the molecule is C=CCOCCc1ccc(CBr)cc1. The van der Waals surface area contributed by atoms with Gasteiger partial charge in [-0.25, -0.2) is 0 Å². The van der Waals surface area contributed by atoms with E-state index in [9.17, 15) is 0 Å². The molecule has 0 fully saturated rings. The zero-order chi connectivity index (χ0) is 10.2. The van der Waals surface area contributed by atoms with E-state index in [-0.39, 0.29) is 0 Å². The van der Waals surface area contributed by atoms with Crippen molar-refractivity contribution in [2.24, 2.45) is 0 Å². The topological polar surface area (TPSA) is 9.23 Å². The van der Waals surface area contributed by atoms with Crippen molar-refractivity contribution in [3.63, 3.8) is 0 Å². The first-order valence-electron chi connectivity index (χ1n) is 4.69. The van der Waals surface area contributed by atoms with Gasteiger partial charge in [-0.3, -0.25) is 0 Å². The van der Waals surface area contributed by atoms with Gasteiger partial charge in [0.25, 0.3) is 0 Å². The minimum absolute atomic E-state index is 0.638. The Morgan fingerprint density at radius 3 is 2.43 bits per heavy atom. The summed E-state index contributed by atoms with van der Waals surface area (Å²) < 4.78 is 5.32. The lowest BCUT2D eigenvalue weighted by molar-refractivity contribution is 0.166. The minimum atomic E-state index is 0.638. The van der Waals surface area contributed by atoms with Gasteiger partial charge in [0.2, 0.25) is 0 Å². The first-order chi connectivity index (χ1) is 6.86. The van der Waals surface area contributed by atoms with Crippen molar-refractivity contribution in [3.8, 4) is 0 Å². The fraction of sp³-hybridized carbons (Fsp3) is 0.333. The number of hydrogen-bond acceptors (Lipinski definition) is 1. The van der Waals surface area contributed by atoms with Crippen LogP contribution in [0.2, 0.25) is 0 Å². The Balaban J connectivity index is 2.32. The fourth-order valence-corrected chi connectivity index (χ4v) is 1.53. The number of halogens is 1. The van der Waals surface area contributed by atoms with E-state index in [1.54, 1.807) is 6.08 Å². The molecular weight excluding hydrogens is 240 g/mol. The summed E-state index contributed by atoms with van der Waals surface area (Å²) in [7, 11) is 0. The Bertz CT molecular complexity index is 266. The second-order valence-electron chi connectivity index (χ2n) is 3.06. The summed E-state index contributed by atoms with van der Waals surface area (Å²) in [5.74, 6) is 0. The van der Waals surface area contributed by atoms with E-state index in [0.717, 1.165) is 18.4 Å². The smallest absolute Gasteiger partial charge is 0.0644 e. The van der Waals surface area contributed by atoms with Crippen LogP contribution < -0.4 is 0 Å². The average molecular weight is 255 g/mol. The van der Waals surface area contributed by atoms with Gasteiger partial charge in [0.15, 0.2) is 0 Å². The van der Waals surface area contributed by atoms with Gasteiger partial charge in [-0.15, -0.1) is 6.58 Å². The molecule has 1 rings (SSSR count). The van der Waals surface area contributed by atoms with Crippen LogP contribution in [0.5, 0.6) is 0 Å². The Morgan fingerprint density at radius 1 is 1.21 bits per heavy atom. The quantitative estimate of drug-likeness (QED) is 0.430. The summed E-state index contributed by atoms with van der Waals surface area (Å²) in [6.45, 7) is 5.00. The lowest BCUT2D eigenvalue weighted by Crippen LogP contribution is -1.98. The van der Waals surface area contributed by atoms with Crippen LogP contribution in [0.25, 0.3) is 0 Å². The second kappa shape index (κ2) is 6.80. The highest BCUT2D eigenvalue weighted by Crippen LogP contribution is 2.08. The van der Waals surface area contributed by atoms with Crippen LogP contribution in [0.1, 0.15) is 11.1 Å². The van der Waals surface area contributed by atoms with E-state index in [0.29, 0.717) is 6.61 Å². The maximum atomic E-state index is 5.32. The molecule has 0 atom stereocenters. The van der Waals surface area contributed by atoms with Gasteiger partial charge >= 0.3 is 0 Å². The molecule has 0 heterocycles. The molecule has 14 heavy (non-hydrogen) atoms. The molecule has 0 saturated carbocycles. The van der Waals surface area contributed by atoms with Crippen molar-refractivity contribution >= 4 is 15.9 Å². The van der Waals surface area contributed by atoms with E-state index in [1.165, 1.54) is 11.1 Å². The van der Waals surface area contributed by atoms with Gasteiger partial charge < -0.3 is 4.74 Å². The summed E-state index contributed by atoms with van der Waals surface area (Å²) in [6, 6.07) is 8.57. The summed E-state index contributed by atoms with van der Waals surface area (Å²) >= 11 is 3.42. The van der Waals surface area contributed by atoms with Gasteiger partial charge in [0, 0.05) is 5.33 Å². The lowest BCUT2D eigenvalue weighted by atomic mass is 10.1. The normalized spacial score (nSPS) is 10.1. The number of ether oxygens (including phenoxy) is 1. The van der Waals surface area contributed by atoms with Crippen molar-refractivity contribution in [1.82, 2.24) is 0 Å². The molecule has 0 spiro atoms.